The Balaban J connectivity index is 4.62. The zero-order valence-electron chi connectivity index (χ0n) is 9.15. The maximum absolute atomic E-state index is 12.3. The maximum Gasteiger partial charge on any atom is 0.401 e. The summed E-state index contributed by atoms with van der Waals surface area (Å²) in [5.74, 6) is 0. The second-order valence-electron chi connectivity index (χ2n) is 4.35. The van der Waals surface area contributed by atoms with Crippen molar-refractivity contribution >= 4 is 0 Å². The predicted octanol–water partition coefficient (Wildman–Crippen LogP) is 2.00. The summed E-state index contributed by atoms with van der Waals surface area (Å²) in [6.07, 6.45) is -4.17. The van der Waals surface area contributed by atoms with Gasteiger partial charge in [-0.1, -0.05) is 0 Å². The third-order valence-electron chi connectivity index (χ3n) is 2.25. The van der Waals surface area contributed by atoms with Gasteiger partial charge in [0.1, 0.15) is 0 Å². The molecule has 0 aromatic rings. The standard InChI is InChI=1S/C9H19F3N2/c1-7(2)14(6-9(10,11)12)8(3,4)5-13/h7H,5-6,13H2,1-4H3. The van der Waals surface area contributed by atoms with Gasteiger partial charge in [0.25, 0.3) is 0 Å². The summed E-state index contributed by atoms with van der Waals surface area (Å²) in [6, 6.07) is -0.171. The van der Waals surface area contributed by atoms with Crippen LogP contribution in [-0.4, -0.2) is 35.7 Å². The van der Waals surface area contributed by atoms with E-state index in [1.165, 1.54) is 4.90 Å². The van der Waals surface area contributed by atoms with Gasteiger partial charge in [-0.05, 0) is 27.7 Å². The molecule has 0 fully saturated rings. The van der Waals surface area contributed by atoms with E-state index in [1.807, 2.05) is 0 Å². The largest absolute Gasteiger partial charge is 0.401 e. The Bertz CT molecular complexity index is 175. The van der Waals surface area contributed by atoms with Crippen molar-refractivity contribution in [2.45, 2.75) is 45.5 Å². The van der Waals surface area contributed by atoms with Crippen molar-refractivity contribution in [1.82, 2.24) is 4.90 Å². The van der Waals surface area contributed by atoms with E-state index in [-0.39, 0.29) is 12.6 Å². The molecule has 0 aliphatic heterocycles. The molecule has 0 bridgehead atoms. The molecule has 0 saturated carbocycles. The number of rotatable bonds is 4. The monoisotopic (exact) mass is 212 g/mol. The SMILES string of the molecule is CC(C)N(CC(F)(F)F)C(C)(C)CN. The molecule has 2 nitrogen and oxygen atoms in total. The quantitative estimate of drug-likeness (QED) is 0.772. The summed E-state index contributed by atoms with van der Waals surface area (Å²) in [5.41, 5.74) is 4.83. The molecule has 0 rings (SSSR count). The van der Waals surface area contributed by atoms with Gasteiger partial charge in [0.2, 0.25) is 0 Å². The lowest BCUT2D eigenvalue weighted by atomic mass is 10.0. The van der Waals surface area contributed by atoms with Crippen molar-refractivity contribution in [3.05, 3.63) is 0 Å². The van der Waals surface area contributed by atoms with Crippen molar-refractivity contribution in [3.63, 3.8) is 0 Å². The van der Waals surface area contributed by atoms with Gasteiger partial charge in [0.05, 0.1) is 6.54 Å². The van der Waals surface area contributed by atoms with Crippen LogP contribution in [0.15, 0.2) is 0 Å². The number of nitrogens with zero attached hydrogens (tertiary/aromatic N) is 1. The minimum absolute atomic E-state index is 0.171. The normalized spacial score (nSPS) is 14.1. The molecule has 0 aliphatic rings. The van der Waals surface area contributed by atoms with Gasteiger partial charge >= 0.3 is 6.18 Å². The highest BCUT2D eigenvalue weighted by Gasteiger charge is 2.37. The average molecular weight is 212 g/mol. The van der Waals surface area contributed by atoms with Gasteiger partial charge in [0, 0.05) is 18.1 Å². The second-order valence-corrected chi connectivity index (χ2v) is 4.35. The van der Waals surface area contributed by atoms with Crippen LogP contribution >= 0.6 is 0 Å². The Kier molecular flexibility index (Phi) is 4.39. The van der Waals surface area contributed by atoms with Crippen molar-refractivity contribution < 1.29 is 13.2 Å². The van der Waals surface area contributed by atoms with Crippen molar-refractivity contribution in [2.24, 2.45) is 5.73 Å². The van der Waals surface area contributed by atoms with E-state index in [2.05, 4.69) is 0 Å². The zero-order valence-corrected chi connectivity index (χ0v) is 9.15. The van der Waals surface area contributed by atoms with Gasteiger partial charge in [-0.3, -0.25) is 4.90 Å². The highest BCUT2D eigenvalue weighted by molar-refractivity contribution is 4.86. The smallest absolute Gasteiger partial charge is 0.329 e. The van der Waals surface area contributed by atoms with E-state index < -0.39 is 18.3 Å². The van der Waals surface area contributed by atoms with E-state index >= 15 is 0 Å². The van der Waals surface area contributed by atoms with E-state index in [1.54, 1.807) is 27.7 Å². The summed E-state index contributed by atoms with van der Waals surface area (Å²) >= 11 is 0. The average Bonchev–Trinajstić information content (AvgIpc) is 1.98. The molecule has 0 aromatic carbocycles. The molecule has 0 heterocycles. The Morgan fingerprint density at radius 2 is 1.64 bits per heavy atom. The summed E-state index contributed by atoms with van der Waals surface area (Å²) in [7, 11) is 0. The molecular formula is C9H19F3N2. The molecule has 0 unspecified atom stereocenters. The van der Waals surface area contributed by atoms with Gasteiger partial charge in [-0.2, -0.15) is 13.2 Å². The summed E-state index contributed by atoms with van der Waals surface area (Å²) in [5, 5.41) is 0. The lowest BCUT2D eigenvalue weighted by Crippen LogP contribution is -2.55. The van der Waals surface area contributed by atoms with Crippen LogP contribution in [0.5, 0.6) is 0 Å². The Hall–Kier alpha value is -0.290. The van der Waals surface area contributed by atoms with E-state index in [0.717, 1.165) is 0 Å². The molecule has 86 valence electrons. The van der Waals surface area contributed by atoms with Crippen LogP contribution in [0.1, 0.15) is 27.7 Å². The Morgan fingerprint density at radius 3 is 1.86 bits per heavy atom. The van der Waals surface area contributed by atoms with Gasteiger partial charge < -0.3 is 5.73 Å². The maximum atomic E-state index is 12.3. The molecule has 0 spiro atoms. The van der Waals surface area contributed by atoms with Crippen LogP contribution < -0.4 is 5.73 Å². The minimum Gasteiger partial charge on any atom is -0.329 e. The fourth-order valence-electron chi connectivity index (χ4n) is 1.41. The van der Waals surface area contributed by atoms with Crippen molar-refractivity contribution in [2.75, 3.05) is 13.1 Å². The summed E-state index contributed by atoms with van der Waals surface area (Å²) < 4.78 is 36.8. The first-order valence-electron chi connectivity index (χ1n) is 4.64. The number of alkyl halides is 3. The first kappa shape index (κ1) is 13.7. The molecule has 5 heteroatoms. The summed E-state index contributed by atoms with van der Waals surface area (Å²) in [6.45, 7) is 6.22. The molecule has 14 heavy (non-hydrogen) atoms. The predicted molar refractivity (Wildman–Crippen MR) is 51.0 cm³/mol. The van der Waals surface area contributed by atoms with E-state index in [4.69, 9.17) is 5.73 Å². The number of halogens is 3. The van der Waals surface area contributed by atoms with Gasteiger partial charge in [-0.15, -0.1) is 0 Å². The van der Waals surface area contributed by atoms with Crippen LogP contribution in [0.2, 0.25) is 0 Å². The summed E-state index contributed by atoms with van der Waals surface area (Å²) in [4.78, 5) is 1.37. The Morgan fingerprint density at radius 1 is 1.21 bits per heavy atom. The third-order valence-corrected chi connectivity index (χ3v) is 2.25. The number of hydrogen-bond acceptors (Lipinski definition) is 2. The molecular weight excluding hydrogens is 193 g/mol. The first-order chi connectivity index (χ1) is 6.10. The van der Waals surface area contributed by atoms with Crippen molar-refractivity contribution in [3.8, 4) is 0 Å². The van der Waals surface area contributed by atoms with E-state index in [9.17, 15) is 13.2 Å². The number of hydrogen-bond donors (Lipinski definition) is 1. The molecule has 0 aliphatic carbocycles. The topological polar surface area (TPSA) is 29.3 Å². The minimum atomic E-state index is -4.17. The second kappa shape index (κ2) is 4.49. The van der Waals surface area contributed by atoms with Crippen LogP contribution in [0.3, 0.4) is 0 Å². The van der Waals surface area contributed by atoms with Crippen molar-refractivity contribution in [1.29, 1.82) is 0 Å². The fraction of sp³-hybridized carbons (Fsp3) is 1.00. The Labute approximate surface area is 83.3 Å². The van der Waals surface area contributed by atoms with E-state index in [0.29, 0.717) is 0 Å². The van der Waals surface area contributed by atoms with Crippen LogP contribution in [0.4, 0.5) is 13.2 Å². The fourth-order valence-corrected chi connectivity index (χ4v) is 1.41. The molecule has 2 N–H and O–H groups in total. The zero-order chi connectivity index (χ0) is 11.6. The van der Waals surface area contributed by atoms with Crippen LogP contribution in [0.25, 0.3) is 0 Å². The molecule has 0 atom stereocenters. The van der Waals surface area contributed by atoms with Crippen LogP contribution in [-0.2, 0) is 0 Å². The van der Waals surface area contributed by atoms with Gasteiger partial charge in [0.15, 0.2) is 0 Å². The highest BCUT2D eigenvalue weighted by Crippen LogP contribution is 2.24. The lowest BCUT2D eigenvalue weighted by molar-refractivity contribution is -0.161. The molecule has 0 aromatic heterocycles. The first-order valence-corrected chi connectivity index (χ1v) is 4.64. The number of nitrogens with two attached hydrogens (primary N) is 1. The third kappa shape index (κ3) is 4.28. The van der Waals surface area contributed by atoms with Gasteiger partial charge in [-0.25, -0.2) is 0 Å². The highest BCUT2D eigenvalue weighted by atomic mass is 19.4. The lowest BCUT2D eigenvalue weighted by Gasteiger charge is -2.41. The molecule has 0 saturated heterocycles. The van der Waals surface area contributed by atoms with Crippen LogP contribution in [0, 0.1) is 0 Å². The molecule has 0 amide bonds. The molecule has 0 radical (unpaired) electrons.